The maximum Gasteiger partial charge on any atom is 0.409 e. The second-order valence-electron chi connectivity index (χ2n) is 6.73. The van der Waals surface area contributed by atoms with Gasteiger partial charge in [-0.3, -0.25) is 0 Å². The van der Waals surface area contributed by atoms with Crippen molar-refractivity contribution in [3.63, 3.8) is 0 Å². The minimum absolute atomic E-state index is 0.0732. The van der Waals surface area contributed by atoms with Crippen molar-refractivity contribution in [3.05, 3.63) is 12.3 Å². The van der Waals surface area contributed by atoms with E-state index < -0.39 is 9.84 Å². The molecule has 0 bridgehead atoms. The molecule has 2 saturated heterocycles. The highest BCUT2D eigenvalue weighted by Crippen LogP contribution is 2.23. The minimum atomic E-state index is -2.97. The van der Waals surface area contributed by atoms with Crippen molar-refractivity contribution in [1.29, 1.82) is 0 Å². The fourth-order valence-corrected chi connectivity index (χ4v) is 5.30. The Morgan fingerprint density at radius 2 is 2.04 bits per heavy atom. The molecule has 1 aromatic heterocycles. The number of carbonyl (C=O) groups is 1. The number of piperazine rings is 1. The number of aromatic nitrogens is 2. The third-order valence-corrected chi connectivity index (χ3v) is 6.75. The number of carbonyl (C=O) groups excluding carboxylic acids is 1. The summed E-state index contributed by atoms with van der Waals surface area (Å²) in [6.45, 7) is 7.30. The quantitative estimate of drug-likeness (QED) is 0.719. The van der Waals surface area contributed by atoms with E-state index in [1.54, 1.807) is 18.0 Å². The van der Waals surface area contributed by atoms with Gasteiger partial charge in [-0.05, 0) is 26.3 Å². The van der Waals surface area contributed by atoms with Gasteiger partial charge >= 0.3 is 6.09 Å². The van der Waals surface area contributed by atoms with E-state index in [1.165, 1.54) is 0 Å². The normalized spacial score (nSPS) is 21.9. The summed E-state index contributed by atoms with van der Waals surface area (Å²) in [4.78, 5) is 26.7. The molecule has 0 aromatic carbocycles. The molecule has 3 rings (SSSR count). The van der Waals surface area contributed by atoms with E-state index >= 15 is 0 Å². The van der Waals surface area contributed by atoms with Crippen molar-refractivity contribution in [2.24, 2.45) is 0 Å². The van der Waals surface area contributed by atoms with Crippen LogP contribution in [0.1, 0.15) is 20.3 Å². The summed E-state index contributed by atoms with van der Waals surface area (Å²) in [5.41, 5.74) is 0. The Labute approximate surface area is 160 Å². The van der Waals surface area contributed by atoms with Crippen LogP contribution in [-0.4, -0.2) is 86.3 Å². The number of rotatable bonds is 5. The van der Waals surface area contributed by atoms with Crippen molar-refractivity contribution in [3.8, 4) is 0 Å². The van der Waals surface area contributed by atoms with Crippen molar-refractivity contribution in [2.75, 3.05) is 60.6 Å². The van der Waals surface area contributed by atoms with Gasteiger partial charge in [-0.15, -0.1) is 0 Å². The Hall–Kier alpha value is -2.10. The van der Waals surface area contributed by atoms with Crippen molar-refractivity contribution in [1.82, 2.24) is 14.9 Å². The van der Waals surface area contributed by atoms with E-state index in [4.69, 9.17) is 4.74 Å². The molecule has 0 saturated carbocycles. The van der Waals surface area contributed by atoms with Gasteiger partial charge in [0, 0.05) is 45.0 Å². The number of anilines is 2. The summed E-state index contributed by atoms with van der Waals surface area (Å²) in [7, 11) is -2.97. The summed E-state index contributed by atoms with van der Waals surface area (Å²) in [5.74, 6) is 1.74. The zero-order valence-corrected chi connectivity index (χ0v) is 16.7. The van der Waals surface area contributed by atoms with Crippen LogP contribution in [0, 0.1) is 0 Å². The van der Waals surface area contributed by atoms with E-state index in [0.717, 1.165) is 5.82 Å². The molecule has 1 aromatic rings. The lowest BCUT2D eigenvalue weighted by atomic mass is 10.2. The number of hydrogen-bond acceptors (Lipinski definition) is 8. The molecule has 150 valence electrons. The number of hydrogen-bond donors (Lipinski definition) is 0. The van der Waals surface area contributed by atoms with Crippen LogP contribution in [0.15, 0.2) is 12.3 Å². The molecule has 10 heteroatoms. The largest absolute Gasteiger partial charge is 0.450 e. The second kappa shape index (κ2) is 8.28. The SMILES string of the molecule is CCOC(=O)N1CCN(c2ccnc(N(CC)C3CCS(=O)(=O)C3)n2)CC1. The van der Waals surface area contributed by atoms with Gasteiger partial charge in [0.1, 0.15) is 5.82 Å². The Bertz CT molecular complexity index is 764. The van der Waals surface area contributed by atoms with E-state index in [0.29, 0.717) is 51.7 Å². The second-order valence-corrected chi connectivity index (χ2v) is 8.96. The highest BCUT2D eigenvalue weighted by atomic mass is 32.2. The average Bonchev–Trinajstić information content (AvgIpc) is 3.02. The van der Waals surface area contributed by atoms with E-state index in [1.807, 2.05) is 17.9 Å². The smallest absolute Gasteiger partial charge is 0.409 e. The molecule has 0 N–H and O–H groups in total. The predicted octanol–water partition coefficient (Wildman–Crippen LogP) is 0.769. The van der Waals surface area contributed by atoms with Gasteiger partial charge in [0.2, 0.25) is 5.95 Å². The first-order valence-electron chi connectivity index (χ1n) is 9.40. The van der Waals surface area contributed by atoms with Crippen molar-refractivity contribution >= 4 is 27.7 Å². The molecule has 0 spiro atoms. The number of ether oxygens (including phenoxy) is 1. The molecule has 2 aliphatic rings. The number of amides is 1. The molecule has 2 fully saturated rings. The minimum Gasteiger partial charge on any atom is -0.450 e. The van der Waals surface area contributed by atoms with Crippen LogP contribution in [0.3, 0.4) is 0 Å². The topological polar surface area (TPSA) is 95.9 Å². The molecule has 9 nitrogen and oxygen atoms in total. The lowest BCUT2D eigenvalue weighted by Crippen LogP contribution is -2.49. The van der Waals surface area contributed by atoms with Gasteiger partial charge in [0.15, 0.2) is 9.84 Å². The van der Waals surface area contributed by atoms with Crippen molar-refractivity contribution < 1.29 is 17.9 Å². The van der Waals surface area contributed by atoms with Gasteiger partial charge in [0.25, 0.3) is 0 Å². The summed E-state index contributed by atoms with van der Waals surface area (Å²) < 4.78 is 28.7. The summed E-state index contributed by atoms with van der Waals surface area (Å²) in [6, 6.07) is 1.78. The van der Waals surface area contributed by atoms with Gasteiger partial charge in [-0.2, -0.15) is 4.98 Å². The zero-order chi connectivity index (χ0) is 19.4. The fourth-order valence-electron chi connectivity index (χ4n) is 3.57. The van der Waals surface area contributed by atoms with Crippen LogP contribution < -0.4 is 9.80 Å². The molecule has 0 radical (unpaired) electrons. The van der Waals surface area contributed by atoms with Gasteiger partial charge < -0.3 is 19.4 Å². The Morgan fingerprint density at radius 3 is 2.63 bits per heavy atom. The maximum absolute atomic E-state index is 11.8. The first-order chi connectivity index (χ1) is 12.9. The summed E-state index contributed by atoms with van der Waals surface area (Å²) in [5, 5.41) is 0. The van der Waals surface area contributed by atoms with Gasteiger partial charge in [-0.25, -0.2) is 18.2 Å². The van der Waals surface area contributed by atoms with Gasteiger partial charge in [0.05, 0.1) is 18.1 Å². The van der Waals surface area contributed by atoms with Crippen LogP contribution in [-0.2, 0) is 14.6 Å². The number of nitrogens with zero attached hydrogens (tertiary/aromatic N) is 5. The van der Waals surface area contributed by atoms with E-state index in [9.17, 15) is 13.2 Å². The predicted molar refractivity (Wildman–Crippen MR) is 103 cm³/mol. The molecular formula is C17H27N5O4S. The van der Waals surface area contributed by atoms with E-state index in [2.05, 4.69) is 14.9 Å². The lowest BCUT2D eigenvalue weighted by Gasteiger charge is -2.35. The Balaban J connectivity index is 1.68. The third-order valence-electron chi connectivity index (χ3n) is 5.00. The monoisotopic (exact) mass is 397 g/mol. The maximum atomic E-state index is 11.8. The van der Waals surface area contributed by atoms with Crippen LogP contribution in [0.4, 0.5) is 16.6 Å². The van der Waals surface area contributed by atoms with Crippen LogP contribution in [0.25, 0.3) is 0 Å². The molecule has 1 amide bonds. The lowest BCUT2D eigenvalue weighted by molar-refractivity contribution is 0.105. The molecule has 2 aliphatic heterocycles. The van der Waals surface area contributed by atoms with E-state index in [-0.39, 0.29) is 23.6 Å². The number of sulfone groups is 1. The fraction of sp³-hybridized carbons (Fsp3) is 0.706. The Morgan fingerprint density at radius 1 is 1.30 bits per heavy atom. The summed E-state index contributed by atoms with van der Waals surface area (Å²) >= 11 is 0. The van der Waals surface area contributed by atoms with Crippen LogP contribution in [0.2, 0.25) is 0 Å². The first-order valence-corrected chi connectivity index (χ1v) is 11.2. The molecule has 1 unspecified atom stereocenters. The van der Waals surface area contributed by atoms with Crippen LogP contribution >= 0.6 is 0 Å². The van der Waals surface area contributed by atoms with Crippen molar-refractivity contribution in [2.45, 2.75) is 26.3 Å². The first kappa shape index (κ1) is 19.7. The molecule has 0 aliphatic carbocycles. The standard InChI is InChI=1S/C17H27N5O4S/c1-3-22(14-6-12-27(24,25)13-14)16-18-7-5-15(19-16)20-8-10-21(11-9-20)17(23)26-4-2/h5,7,14H,3-4,6,8-13H2,1-2H3. The van der Waals surface area contributed by atoms with Crippen LogP contribution in [0.5, 0.6) is 0 Å². The molecule has 1 atom stereocenters. The Kier molecular flexibility index (Phi) is 6.03. The highest BCUT2D eigenvalue weighted by Gasteiger charge is 2.33. The molecule has 3 heterocycles. The molecular weight excluding hydrogens is 370 g/mol. The molecule has 27 heavy (non-hydrogen) atoms. The van der Waals surface area contributed by atoms with Gasteiger partial charge in [-0.1, -0.05) is 0 Å². The zero-order valence-electron chi connectivity index (χ0n) is 15.9. The third kappa shape index (κ3) is 4.60. The summed E-state index contributed by atoms with van der Waals surface area (Å²) in [6.07, 6.45) is 2.05. The highest BCUT2D eigenvalue weighted by molar-refractivity contribution is 7.91. The average molecular weight is 398 g/mol.